The van der Waals surface area contributed by atoms with Crippen LogP contribution in [0.5, 0.6) is 0 Å². The van der Waals surface area contributed by atoms with E-state index in [0.29, 0.717) is 6.54 Å². The molecule has 1 atom stereocenters. The summed E-state index contributed by atoms with van der Waals surface area (Å²) in [5, 5.41) is 10.4. The Kier molecular flexibility index (Phi) is 5.60. The molecule has 0 aliphatic heterocycles. The predicted molar refractivity (Wildman–Crippen MR) is 73.4 cm³/mol. The average molecular weight is 256 g/mol. The molecule has 1 amide bonds. The molecule has 0 saturated heterocycles. The SMILES string of the molecule is CCN(CC)C(=O)C(C)N(C)CC1(O)CCCC1. The minimum absolute atomic E-state index is 0.157. The lowest BCUT2D eigenvalue weighted by molar-refractivity contribution is -0.136. The fraction of sp³-hybridized carbons (Fsp3) is 0.929. The smallest absolute Gasteiger partial charge is 0.239 e. The molecular formula is C14H28N2O2. The highest BCUT2D eigenvalue weighted by molar-refractivity contribution is 5.81. The van der Waals surface area contributed by atoms with Crippen LogP contribution in [-0.4, -0.2) is 59.1 Å². The van der Waals surface area contributed by atoms with Crippen LogP contribution in [0, 0.1) is 0 Å². The van der Waals surface area contributed by atoms with Crippen LogP contribution in [0.15, 0.2) is 0 Å². The van der Waals surface area contributed by atoms with Crippen LogP contribution in [0.1, 0.15) is 46.5 Å². The molecule has 0 aromatic heterocycles. The number of hydrogen-bond acceptors (Lipinski definition) is 3. The Labute approximate surface area is 111 Å². The summed E-state index contributed by atoms with van der Waals surface area (Å²) in [6.45, 7) is 8.02. The molecule has 1 N–H and O–H groups in total. The van der Waals surface area contributed by atoms with E-state index in [-0.39, 0.29) is 11.9 Å². The third-order valence-corrected chi connectivity index (χ3v) is 4.17. The summed E-state index contributed by atoms with van der Waals surface area (Å²) in [5.74, 6) is 0.157. The van der Waals surface area contributed by atoms with Gasteiger partial charge in [0.2, 0.25) is 5.91 Å². The second kappa shape index (κ2) is 6.53. The molecule has 4 nitrogen and oxygen atoms in total. The van der Waals surface area contributed by atoms with Crippen LogP contribution in [0.2, 0.25) is 0 Å². The maximum Gasteiger partial charge on any atom is 0.239 e. The van der Waals surface area contributed by atoms with Crippen LogP contribution in [-0.2, 0) is 4.79 Å². The van der Waals surface area contributed by atoms with Gasteiger partial charge in [-0.05, 0) is 40.7 Å². The van der Waals surface area contributed by atoms with Crippen molar-refractivity contribution in [1.29, 1.82) is 0 Å². The monoisotopic (exact) mass is 256 g/mol. The molecule has 0 aromatic rings. The number of nitrogens with zero attached hydrogens (tertiary/aromatic N) is 2. The Morgan fingerprint density at radius 2 is 1.78 bits per heavy atom. The predicted octanol–water partition coefficient (Wildman–Crippen LogP) is 1.48. The fourth-order valence-corrected chi connectivity index (χ4v) is 2.78. The van der Waals surface area contributed by atoms with Crippen molar-refractivity contribution in [2.45, 2.75) is 58.1 Å². The van der Waals surface area contributed by atoms with Gasteiger partial charge in [0.25, 0.3) is 0 Å². The standard InChI is InChI=1S/C14H28N2O2/c1-5-16(6-2)13(17)12(3)15(4)11-14(18)9-7-8-10-14/h12,18H,5-11H2,1-4H3. The minimum Gasteiger partial charge on any atom is -0.389 e. The first-order chi connectivity index (χ1) is 8.43. The van der Waals surface area contributed by atoms with Gasteiger partial charge in [-0.1, -0.05) is 12.8 Å². The topological polar surface area (TPSA) is 43.8 Å². The number of carbonyl (C=O) groups excluding carboxylic acids is 1. The van der Waals surface area contributed by atoms with Gasteiger partial charge in [0.15, 0.2) is 0 Å². The first-order valence-electron chi connectivity index (χ1n) is 7.15. The third kappa shape index (κ3) is 3.69. The highest BCUT2D eigenvalue weighted by atomic mass is 16.3. The van der Waals surface area contributed by atoms with Crippen molar-refractivity contribution in [2.75, 3.05) is 26.7 Å². The van der Waals surface area contributed by atoms with Gasteiger partial charge in [-0.15, -0.1) is 0 Å². The molecule has 1 aliphatic carbocycles. The van der Waals surface area contributed by atoms with Gasteiger partial charge in [0.1, 0.15) is 0 Å². The molecule has 0 heterocycles. The van der Waals surface area contributed by atoms with E-state index in [1.807, 2.05) is 37.6 Å². The molecule has 1 aliphatic rings. The molecule has 106 valence electrons. The molecular weight excluding hydrogens is 228 g/mol. The van der Waals surface area contributed by atoms with Gasteiger partial charge < -0.3 is 10.0 Å². The summed E-state index contributed by atoms with van der Waals surface area (Å²) < 4.78 is 0. The van der Waals surface area contributed by atoms with Crippen molar-refractivity contribution >= 4 is 5.91 Å². The molecule has 0 spiro atoms. The lowest BCUT2D eigenvalue weighted by atomic mass is 10.0. The normalized spacial score (nSPS) is 20.1. The summed E-state index contributed by atoms with van der Waals surface area (Å²) in [7, 11) is 1.93. The summed E-state index contributed by atoms with van der Waals surface area (Å²) >= 11 is 0. The molecule has 18 heavy (non-hydrogen) atoms. The molecule has 1 saturated carbocycles. The van der Waals surface area contributed by atoms with Crippen LogP contribution < -0.4 is 0 Å². The highest BCUT2D eigenvalue weighted by Gasteiger charge is 2.34. The van der Waals surface area contributed by atoms with Gasteiger partial charge in [0.05, 0.1) is 11.6 Å². The second-order valence-electron chi connectivity index (χ2n) is 5.53. The summed E-state index contributed by atoms with van der Waals surface area (Å²) in [6.07, 6.45) is 3.93. The van der Waals surface area contributed by atoms with Gasteiger partial charge >= 0.3 is 0 Å². The Balaban J connectivity index is 2.54. The van der Waals surface area contributed by atoms with Crippen LogP contribution in [0.25, 0.3) is 0 Å². The summed E-state index contributed by atoms with van der Waals surface area (Å²) in [4.78, 5) is 16.1. The first kappa shape index (κ1) is 15.4. The number of likely N-dealkylation sites (N-methyl/N-ethyl adjacent to an activating group) is 2. The van der Waals surface area contributed by atoms with Crippen LogP contribution >= 0.6 is 0 Å². The zero-order chi connectivity index (χ0) is 13.8. The molecule has 0 radical (unpaired) electrons. The quantitative estimate of drug-likeness (QED) is 0.783. The van der Waals surface area contributed by atoms with E-state index < -0.39 is 5.60 Å². The minimum atomic E-state index is -0.577. The van der Waals surface area contributed by atoms with E-state index in [2.05, 4.69) is 0 Å². The molecule has 0 bridgehead atoms. The second-order valence-corrected chi connectivity index (χ2v) is 5.53. The van der Waals surface area contributed by atoms with E-state index in [4.69, 9.17) is 0 Å². The van der Waals surface area contributed by atoms with Crippen LogP contribution in [0.4, 0.5) is 0 Å². The van der Waals surface area contributed by atoms with Crippen molar-refractivity contribution in [3.8, 4) is 0 Å². The first-order valence-corrected chi connectivity index (χ1v) is 7.15. The summed E-state index contributed by atoms with van der Waals surface area (Å²) in [5.41, 5.74) is -0.577. The maximum absolute atomic E-state index is 12.2. The number of amides is 1. The van der Waals surface area contributed by atoms with Crippen LogP contribution in [0.3, 0.4) is 0 Å². The van der Waals surface area contributed by atoms with E-state index in [9.17, 15) is 9.90 Å². The lowest BCUT2D eigenvalue weighted by Crippen LogP contribution is -2.50. The Morgan fingerprint density at radius 1 is 1.28 bits per heavy atom. The zero-order valence-corrected chi connectivity index (χ0v) is 12.3. The number of rotatable bonds is 6. The van der Waals surface area contributed by atoms with Gasteiger partial charge in [0, 0.05) is 19.6 Å². The Morgan fingerprint density at radius 3 is 2.22 bits per heavy atom. The number of carbonyl (C=O) groups is 1. The molecule has 1 unspecified atom stereocenters. The van der Waals surface area contributed by atoms with Crippen molar-refractivity contribution in [1.82, 2.24) is 9.80 Å². The van der Waals surface area contributed by atoms with Crippen molar-refractivity contribution in [2.24, 2.45) is 0 Å². The molecule has 1 fully saturated rings. The molecule has 4 heteroatoms. The molecule has 0 aromatic carbocycles. The number of aliphatic hydroxyl groups is 1. The van der Waals surface area contributed by atoms with Crippen molar-refractivity contribution in [3.05, 3.63) is 0 Å². The maximum atomic E-state index is 12.2. The summed E-state index contributed by atoms with van der Waals surface area (Å²) in [6, 6.07) is -0.158. The number of hydrogen-bond donors (Lipinski definition) is 1. The Hall–Kier alpha value is -0.610. The highest BCUT2D eigenvalue weighted by Crippen LogP contribution is 2.30. The third-order valence-electron chi connectivity index (χ3n) is 4.17. The van der Waals surface area contributed by atoms with E-state index in [1.54, 1.807) is 0 Å². The van der Waals surface area contributed by atoms with E-state index in [1.165, 1.54) is 0 Å². The largest absolute Gasteiger partial charge is 0.389 e. The average Bonchev–Trinajstić information content (AvgIpc) is 2.76. The lowest BCUT2D eigenvalue weighted by Gasteiger charge is -2.34. The van der Waals surface area contributed by atoms with Gasteiger partial charge in [-0.3, -0.25) is 9.69 Å². The van der Waals surface area contributed by atoms with Crippen molar-refractivity contribution in [3.63, 3.8) is 0 Å². The van der Waals surface area contributed by atoms with E-state index >= 15 is 0 Å². The van der Waals surface area contributed by atoms with Gasteiger partial charge in [-0.2, -0.15) is 0 Å². The van der Waals surface area contributed by atoms with E-state index in [0.717, 1.165) is 38.8 Å². The Bertz CT molecular complexity index is 271. The van der Waals surface area contributed by atoms with Crippen molar-refractivity contribution < 1.29 is 9.90 Å². The van der Waals surface area contributed by atoms with Gasteiger partial charge in [-0.25, -0.2) is 0 Å². The fourth-order valence-electron chi connectivity index (χ4n) is 2.78. The molecule has 1 rings (SSSR count). The zero-order valence-electron chi connectivity index (χ0n) is 12.3.